The Morgan fingerprint density at radius 1 is 1.33 bits per heavy atom. The smallest absolute Gasteiger partial charge is 0.306 e. The number of hydrogen-bond acceptors (Lipinski definition) is 4. The van der Waals surface area contributed by atoms with Gasteiger partial charge < -0.3 is 10.1 Å². The van der Waals surface area contributed by atoms with Crippen LogP contribution < -0.4 is 10.1 Å². The fourth-order valence-corrected chi connectivity index (χ4v) is 2.13. The van der Waals surface area contributed by atoms with E-state index in [9.17, 15) is 19.3 Å². The molecular weight excluding hydrogens is 362 g/mol. The summed E-state index contributed by atoms with van der Waals surface area (Å²) < 4.78 is 18.7. The molecule has 0 bridgehead atoms. The summed E-state index contributed by atoms with van der Waals surface area (Å²) in [6.45, 7) is 1.46. The summed E-state index contributed by atoms with van der Waals surface area (Å²) in [5.41, 5.74) is -0.667. The second kappa shape index (κ2) is 7.46. The van der Waals surface area contributed by atoms with Crippen molar-refractivity contribution in [3.05, 3.63) is 62.4 Å². The molecule has 126 valence electrons. The largest absolute Gasteiger partial charge is 0.479 e. The van der Waals surface area contributed by atoms with Gasteiger partial charge >= 0.3 is 5.69 Å². The zero-order chi connectivity index (χ0) is 17.9. The summed E-state index contributed by atoms with van der Waals surface area (Å²) in [6, 6.07) is 7.75. The van der Waals surface area contributed by atoms with Gasteiger partial charge in [-0.2, -0.15) is 4.39 Å². The van der Waals surface area contributed by atoms with Crippen molar-refractivity contribution in [1.82, 2.24) is 0 Å². The highest BCUT2D eigenvalue weighted by Crippen LogP contribution is 2.32. The Bertz CT molecular complexity index is 801. The van der Waals surface area contributed by atoms with E-state index in [0.29, 0.717) is 0 Å². The molecule has 0 saturated heterocycles. The van der Waals surface area contributed by atoms with E-state index in [1.807, 2.05) is 0 Å². The number of ether oxygens (including phenoxy) is 1. The Kier molecular flexibility index (Phi) is 5.58. The SMILES string of the molecule is CC(Oc1cccc(Cl)c1Cl)C(=O)Nc1ccc(F)c([N+](=O)[O-])c1. The van der Waals surface area contributed by atoms with Crippen molar-refractivity contribution in [2.24, 2.45) is 0 Å². The van der Waals surface area contributed by atoms with Gasteiger partial charge in [0.2, 0.25) is 5.82 Å². The van der Waals surface area contributed by atoms with Crippen LogP contribution in [0.4, 0.5) is 15.8 Å². The molecule has 9 heteroatoms. The molecule has 0 aliphatic rings. The lowest BCUT2D eigenvalue weighted by atomic mass is 10.2. The van der Waals surface area contributed by atoms with Gasteiger partial charge in [0, 0.05) is 11.8 Å². The van der Waals surface area contributed by atoms with Gasteiger partial charge in [0.1, 0.15) is 10.8 Å². The third-order valence-corrected chi connectivity index (χ3v) is 3.80. The fourth-order valence-electron chi connectivity index (χ4n) is 1.79. The van der Waals surface area contributed by atoms with Crippen LogP contribution in [0.3, 0.4) is 0 Å². The molecule has 24 heavy (non-hydrogen) atoms. The van der Waals surface area contributed by atoms with Crippen LogP contribution in [0.1, 0.15) is 6.92 Å². The van der Waals surface area contributed by atoms with Gasteiger partial charge in [-0.05, 0) is 31.2 Å². The summed E-state index contributed by atoms with van der Waals surface area (Å²) in [4.78, 5) is 21.9. The highest BCUT2D eigenvalue weighted by atomic mass is 35.5. The highest BCUT2D eigenvalue weighted by Gasteiger charge is 2.19. The van der Waals surface area contributed by atoms with E-state index in [2.05, 4.69) is 5.32 Å². The van der Waals surface area contributed by atoms with Crippen LogP contribution in [0.15, 0.2) is 36.4 Å². The quantitative estimate of drug-likeness (QED) is 0.620. The molecule has 0 aromatic heterocycles. The summed E-state index contributed by atoms with van der Waals surface area (Å²) in [7, 11) is 0. The van der Waals surface area contributed by atoms with Crippen molar-refractivity contribution in [3.8, 4) is 5.75 Å². The molecule has 0 saturated carbocycles. The predicted molar refractivity (Wildman–Crippen MR) is 88.2 cm³/mol. The van der Waals surface area contributed by atoms with Crippen LogP contribution in [-0.2, 0) is 4.79 Å². The van der Waals surface area contributed by atoms with Crippen LogP contribution >= 0.6 is 23.2 Å². The normalized spacial score (nSPS) is 11.7. The molecule has 0 fully saturated rings. The number of hydrogen-bond donors (Lipinski definition) is 1. The van der Waals surface area contributed by atoms with Gasteiger partial charge in [0.15, 0.2) is 6.10 Å². The number of nitrogens with zero attached hydrogens (tertiary/aromatic N) is 1. The van der Waals surface area contributed by atoms with Crippen LogP contribution in [0, 0.1) is 15.9 Å². The first-order valence-corrected chi connectivity index (χ1v) is 7.40. The van der Waals surface area contributed by atoms with E-state index in [4.69, 9.17) is 27.9 Å². The van der Waals surface area contributed by atoms with Gasteiger partial charge in [-0.3, -0.25) is 14.9 Å². The zero-order valence-corrected chi connectivity index (χ0v) is 13.8. The Morgan fingerprint density at radius 2 is 2.04 bits per heavy atom. The number of benzene rings is 2. The fraction of sp³-hybridized carbons (Fsp3) is 0.133. The lowest BCUT2D eigenvalue weighted by Crippen LogP contribution is -2.30. The summed E-state index contributed by atoms with van der Waals surface area (Å²) in [6.07, 6.45) is -0.968. The molecule has 1 unspecified atom stereocenters. The first-order valence-electron chi connectivity index (χ1n) is 6.65. The number of rotatable bonds is 5. The molecule has 0 aliphatic carbocycles. The number of carbonyl (C=O) groups is 1. The van der Waals surface area contributed by atoms with Gasteiger partial charge in [-0.25, -0.2) is 0 Å². The number of amides is 1. The Hall–Kier alpha value is -2.38. The predicted octanol–water partition coefficient (Wildman–Crippen LogP) is 4.45. The van der Waals surface area contributed by atoms with Crippen molar-refractivity contribution in [1.29, 1.82) is 0 Å². The standard InChI is InChI=1S/C15H11Cl2FN2O4/c1-8(24-13-4-2-3-10(16)14(13)17)15(21)19-9-5-6-11(18)12(7-9)20(22)23/h2-8H,1H3,(H,19,21). The molecule has 0 heterocycles. The number of anilines is 1. The number of nitro groups is 1. The van der Waals surface area contributed by atoms with E-state index < -0.39 is 28.4 Å². The molecule has 6 nitrogen and oxygen atoms in total. The number of carbonyl (C=O) groups excluding carboxylic acids is 1. The summed E-state index contributed by atoms with van der Waals surface area (Å²) in [5, 5.41) is 13.5. The molecule has 1 amide bonds. The molecule has 2 aromatic rings. The van der Waals surface area contributed by atoms with Crippen LogP contribution in [0.5, 0.6) is 5.75 Å². The molecule has 1 atom stereocenters. The van der Waals surface area contributed by atoms with E-state index in [1.165, 1.54) is 13.0 Å². The van der Waals surface area contributed by atoms with E-state index >= 15 is 0 Å². The van der Waals surface area contributed by atoms with Crippen molar-refractivity contribution in [2.75, 3.05) is 5.32 Å². The molecule has 1 N–H and O–H groups in total. The monoisotopic (exact) mass is 372 g/mol. The highest BCUT2D eigenvalue weighted by molar-refractivity contribution is 6.42. The van der Waals surface area contributed by atoms with Gasteiger partial charge in [0.25, 0.3) is 5.91 Å². The van der Waals surface area contributed by atoms with Gasteiger partial charge in [0.05, 0.1) is 9.95 Å². The topological polar surface area (TPSA) is 81.5 Å². The maximum absolute atomic E-state index is 13.3. The molecule has 0 radical (unpaired) electrons. The van der Waals surface area contributed by atoms with Crippen molar-refractivity contribution >= 4 is 40.5 Å². The average molecular weight is 373 g/mol. The van der Waals surface area contributed by atoms with Crippen molar-refractivity contribution in [2.45, 2.75) is 13.0 Å². The molecule has 2 rings (SSSR count). The minimum absolute atomic E-state index is 0.0701. The van der Waals surface area contributed by atoms with Crippen molar-refractivity contribution < 1.29 is 18.8 Å². The number of nitro benzene ring substituents is 1. The van der Waals surface area contributed by atoms with E-state index in [0.717, 1.165) is 12.1 Å². The molecule has 2 aromatic carbocycles. The minimum atomic E-state index is -0.993. The summed E-state index contributed by atoms with van der Waals surface area (Å²) >= 11 is 11.8. The first-order chi connectivity index (χ1) is 11.3. The molecular formula is C15H11Cl2FN2O4. The molecule has 0 spiro atoms. The Morgan fingerprint density at radius 3 is 2.71 bits per heavy atom. The maximum atomic E-state index is 13.3. The second-order valence-electron chi connectivity index (χ2n) is 4.72. The van der Waals surface area contributed by atoms with Crippen LogP contribution in [-0.4, -0.2) is 16.9 Å². The summed E-state index contributed by atoms with van der Waals surface area (Å²) in [5.74, 6) is -1.36. The second-order valence-corrected chi connectivity index (χ2v) is 5.51. The number of nitrogens with one attached hydrogen (secondary N) is 1. The molecule has 0 aliphatic heterocycles. The zero-order valence-electron chi connectivity index (χ0n) is 12.3. The van der Waals surface area contributed by atoms with Gasteiger partial charge in [-0.15, -0.1) is 0 Å². The van der Waals surface area contributed by atoms with E-state index in [-0.39, 0.29) is 21.5 Å². The lowest BCUT2D eigenvalue weighted by Gasteiger charge is -2.16. The first kappa shape index (κ1) is 18.0. The Balaban J connectivity index is 2.10. The lowest BCUT2D eigenvalue weighted by molar-refractivity contribution is -0.387. The van der Waals surface area contributed by atoms with E-state index in [1.54, 1.807) is 18.2 Å². The number of halogens is 3. The third kappa shape index (κ3) is 4.12. The Labute approximate surface area is 146 Å². The van der Waals surface area contributed by atoms with Crippen LogP contribution in [0.25, 0.3) is 0 Å². The average Bonchev–Trinajstić information content (AvgIpc) is 2.53. The van der Waals surface area contributed by atoms with Crippen molar-refractivity contribution in [3.63, 3.8) is 0 Å². The third-order valence-electron chi connectivity index (χ3n) is 3.00. The minimum Gasteiger partial charge on any atom is -0.479 e. The maximum Gasteiger partial charge on any atom is 0.306 e. The van der Waals surface area contributed by atoms with Crippen LogP contribution in [0.2, 0.25) is 10.0 Å². The van der Waals surface area contributed by atoms with Gasteiger partial charge in [-0.1, -0.05) is 29.3 Å².